The maximum absolute atomic E-state index is 11.8. The van der Waals surface area contributed by atoms with Gasteiger partial charge >= 0.3 is 0 Å². The van der Waals surface area contributed by atoms with Gasteiger partial charge in [0.15, 0.2) is 0 Å². The first-order valence-electron chi connectivity index (χ1n) is 7.54. The van der Waals surface area contributed by atoms with Gasteiger partial charge in [-0.2, -0.15) is 0 Å². The molecule has 1 aliphatic heterocycles. The highest BCUT2D eigenvalue weighted by molar-refractivity contribution is 7.13. The van der Waals surface area contributed by atoms with E-state index in [1.54, 1.807) is 16.2 Å². The van der Waals surface area contributed by atoms with Crippen molar-refractivity contribution in [2.24, 2.45) is 0 Å². The van der Waals surface area contributed by atoms with Crippen LogP contribution in [0.1, 0.15) is 11.1 Å². The second-order valence-corrected chi connectivity index (χ2v) is 6.74. The summed E-state index contributed by atoms with van der Waals surface area (Å²) < 4.78 is 0. The number of carbonyl (C=O) groups excluding carboxylic acids is 1. The molecule has 1 amide bonds. The molecule has 4 rings (SSSR count). The van der Waals surface area contributed by atoms with E-state index in [2.05, 4.69) is 42.6 Å². The number of anilines is 1. The zero-order valence-electron chi connectivity index (χ0n) is 13.0. The Morgan fingerprint density at radius 3 is 2.61 bits per heavy atom. The molecule has 0 unspecified atom stereocenters. The lowest BCUT2D eigenvalue weighted by molar-refractivity contribution is -0.117. The summed E-state index contributed by atoms with van der Waals surface area (Å²) in [5, 5.41) is 3.10. The van der Waals surface area contributed by atoms with E-state index in [9.17, 15) is 4.79 Å². The van der Waals surface area contributed by atoms with Gasteiger partial charge in [-0.15, -0.1) is 11.3 Å². The zero-order valence-corrected chi connectivity index (χ0v) is 13.9. The average molecular weight is 320 g/mol. The second-order valence-electron chi connectivity index (χ2n) is 5.88. The SMILES string of the molecule is Cc1ccc(-c2nc(-c3ccc4c(c3)CC(=O)N4C)cs2)cc1. The minimum Gasteiger partial charge on any atom is -0.315 e. The van der Waals surface area contributed by atoms with Gasteiger partial charge < -0.3 is 4.90 Å². The third-order valence-electron chi connectivity index (χ3n) is 4.26. The van der Waals surface area contributed by atoms with Gasteiger partial charge in [0.1, 0.15) is 5.01 Å². The van der Waals surface area contributed by atoms with Crippen molar-refractivity contribution in [3.63, 3.8) is 0 Å². The molecule has 3 aromatic rings. The molecule has 0 aliphatic carbocycles. The van der Waals surface area contributed by atoms with Crippen LogP contribution in [0, 0.1) is 6.92 Å². The Morgan fingerprint density at radius 1 is 1.09 bits per heavy atom. The van der Waals surface area contributed by atoms with E-state index in [-0.39, 0.29) is 5.91 Å². The predicted molar refractivity (Wildman–Crippen MR) is 94.8 cm³/mol. The van der Waals surface area contributed by atoms with Crippen LogP contribution >= 0.6 is 11.3 Å². The van der Waals surface area contributed by atoms with Crippen LogP contribution in [-0.4, -0.2) is 17.9 Å². The van der Waals surface area contributed by atoms with E-state index >= 15 is 0 Å². The standard InChI is InChI=1S/C19H16N2OS/c1-12-3-5-13(6-4-12)19-20-16(11-23-19)14-7-8-17-15(9-14)10-18(22)21(17)2/h3-9,11H,10H2,1-2H3. The Balaban J connectivity index is 1.69. The Hall–Kier alpha value is -2.46. The lowest BCUT2D eigenvalue weighted by Gasteiger charge is -2.09. The van der Waals surface area contributed by atoms with Crippen LogP contribution in [0.15, 0.2) is 47.8 Å². The van der Waals surface area contributed by atoms with Crippen LogP contribution < -0.4 is 4.90 Å². The monoisotopic (exact) mass is 320 g/mol. The molecule has 4 heteroatoms. The number of likely N-dealkylation sites (N-methyl/N-ethyl adjacent to an activating group) is 1. The normalized spacial score (nSPS) is 13.5. The molecule has 2 aromatic carbocycles. The number of hydrogen-bond acceptors (Lipinski definition) is 3. The Labute approximate surface area is 139 Å². The van der Waals surface area contributed by atoms with Gasteiger partial charge in [-0.1, -0.05) is 35.9 Å². The topological polar surface area (TPSA) is 33.2 Å². The van der Waals surface area contributed by atoms with Crippen molar-refractivity contribution in [2.45, 2.75) is 13.3 Å². The van der Waals surface area contributed by atoms with Crippen molar-refractivity contribution in [2.75, 3.05) is 11.9 Å². The first-order valence-corrected chi connectivity index (χ1v) is 8.42. The van der Waals surface area contributed by atoms with E-state index in [1.165, 1.54) is 5.56 Å². The summed E-state index contributed by atoms with van der Waals surface area (Å²) in [5.74, 6) is 0.149. The fourth-order valence-corrected chi connectivity index (χ4v) is 3.70. The van der Waals surface area contributed by atoms with Gasteiger partial charge in [-0.25, -0.2) is 4.98 Å². The van der Waals surface area contributed by atoms with Crippen molar-refractivity contribution in [1.82, 2.24) is 4.98 Å². The van der Waals surface area contributed by atoms with Crippen molar-refractivity contribution >= 4 is 22.9 Å². The first-order chi connectivity index (χ1) is 11.1. The molecular weight excluding hydrogens is 304 g/mol. The minimum absolute atomic E-state index is 0.149. The van der Waals surface area contributed by atoms with Crippen LogP contribution in [-0.2, 0) is 11.2 Å². The summed E-state index contributed by atoms with van der Waals surface area (Å²) >= 11 is 1.65. The molecule has 114 valence electrons. The number of carbonyl (C=O) groups is 1. The molecule has 2 heterocycles. The van der Waals surface area contributed by atoms with Crippen LogP contribution in [0.3, 0.4) is 0 Å². The van der Waals surface area contributed by atoms with Gasteiger partial charge in [0.2, 0.25) is 5.91 Å². The minimum atomic E-state index is 0.149. The van der Waals surface area contributed by atoms with Gasteiger partial charge in [0, 0.05) is 29.2 Å². The zero-order chi connectivity index (χ0) is 16.0. The van der Waals surface area contributed by atoms with E-state index in [0.717, 1.165) is 33.1 Å². The molecule has 0 atom stereocenters. The molecule has 1 aliphatic rings. The fourth-order valence-electron chi connectivity index (χ4n) is 2.86. The maximum atomic E-state index is 11.8. The quantitative estimate of drug-likeness (QED) is 0.705. The first kappa shape index (κ1) is 14.2. The second kappa shape index (κ2) is 5.32. The maximum Gasteiger partial charge on any atom is 0.231 e. The molecule has 0 saturated heterocycles. The van der Waals surface area contributed by atoms with Crippen LogP contribution in [0.4, 0.5) is 5.69 Å². The number of nitrogens with zero attached hydrogens (tertiary/aromatic N) is 2. The molecule has 0 radical (unpaired) electrons. The number of aryl methyl sites for hydroxylation is 1. The number of amides is 1. The Bertz CT molecular complexity index is 896. The summed E-state index contributed by atoms with van der Waals surface area (Å²) in [6.45, 7) is 2.08. The Morgan fingerprint density at radius 2 is 1.83 bits per heavy atom. The van der Waals surface area contributed by atoms with Crippen LogP contribution in [0.25, 0.3) is 21.8 Å². The third-order valence-corrected chi connectivity index (χ3v) is 5.15. The number of thiazole rings is 1. The lowest BCUT2D eigenvalue weighted by Crippen LogP contribution is -2.20. The third kappa shape index (κ3) is 2.45. The summed E-state index contributed by atoms with van der Waals surface area (Å²) in [5.41, 5.74) is 6.52. The Kier molecular flexibility index (Phi) is 3.27. The lowest BCUT2D eigenvalue weighted by atomic mass is 10.1. The van der Waals surface area contributed by atoms with E-state index in [4.69, 9.17) is 4.98 Å². The van der Waals surface area contributed by atoms with Crippen LogP contribution in [0.2, 0.25) is 0 Å². The summed E-state index contributed by atoms with van der Waals surface area (Å²) in [6, 6.07) is 14.6. The van der Waals surface area contributed by atoms with Gasteiger partial charge in [0.05, 0.1) is 12.1 Å². The number of aromatic nitrogens is 1. The summed E-state index contributed by atoms with van der Waals surface area (Å²) in [7, 11) is 1.83. The largest absolute Gasteiger partial charge is 0.315 e. The molecule has 0 fully saturated rings. The molecule has 3 nitrogen and oxygen atoms in total. The summed E-state index contributed by atoms with van der Waals surface area (Å²) in [6.07, 6.45) is 0.481. The predicted octanol–water partition coefficient (Wildman–Crippen LogP) is 4.30. The highest BCUT2D eigenvalue weighted by Crippen LogP contribution is 2.34. The van der Waals surface area contributed by atoms with Gasteiger partial charge in [0.25, 0.3) is 0 Å². The number of rotatable bonds is 2. The van der Waals surface area contributed by atoms with Gasteiger partial charge in [-0.3, -0.25) is 4.79 Å². The number of fused-ring (bicyclic) bond motifs is 1. The van der Waals surface area contributed by atoms with E-state index < -0.39 is 0 Å². The van der Waals surface area contributed by atoms with Gasteiger partial charge in [-0.05, 0) is 24.6 Å². The van der Waals surface area contributed by atoms with Crippen LogP contribution in [0.5, 0.6) is 0 Å². The molecule has 0 spiro atoms. The van der Waals surface area contributed by atoms with Crippen molar-refractivity contribution in [3.8, 4) is 21.8 Å². The van der Waals surface area contributed by atoms with Crippen molar-refractivity contribution in [3.05, 3.63) is 59.0 Å². The van der Waals surface area contributed by atoms with Crippen molar-refractivity contribution < 1.29 is 4.79 Å². The number of benzene rings is 2. The highest BCUT2D eigenvalue weighted by Gasteiger charge is 2.24. The molecule has 0 saturated carbocycles. The molecule has 0 N–H and O–H groups in total. The molecule has 0 bridgehead atoms. The fraction of sp³-hybridized carbons (Fsp3) is 0.158. The summed E-state index contributed by atoms with van der Waals surface area (Å²) in [4.78, 5) is 18.3. The van der Waals surface area contributed by atoms with Crippen molar-refractivity contribution in [1.29, 1.82) is 0 Å². The van der Waals surface area contributed by atoms with E-state index in [1.807, 2.05) is 19.2 Å². The molecular formula is C19H16N2OS. The average Bonchev–Trinajstić information content (AvgIpc) is 3.14. The smallest absolute Gasteiger partial charge is 0.231 e. The molecule has 1 aromatic heterocycles. The van der Waals surface area contributed by atoms with E-state index in [0.29, 0.717) is 6.42 Å². The molecule has 23 heavy (non-hydrogen) atoms. The number of hydrogen-bond donors (Lipinski definition) is 0. The highest BCUT2D eigenvalue weighted by atomic mass is 32.1.